The topological polar surface area (TPSA) is 55.4 Å². The monoisotopic (exact) mass is 247 g/mol. The predicted octanol–water partition coefficient (Wildman–Crippen LogP) is 0.722. The predicted molar refractivity (Wildman–Crippen MR) is 63.3 cm³/mol. The van der Waals surface area contributed by atoms with E-state index in [0.717, 1.165) is 13.0 Å². The van der Waals surface area contributed by atoms with Gasteiger partial charge in [-0.25, -0.2) is 8.42 Å². The van der Waals surface area contributed by atoms with Crippen molar-refractivity contribution in [1.82, 2.24) is 5.32 Å². The standard InChI is InChI=1S/C11H21NO3S/c13-16(14,11-4-7-15-8-5-11)9-1-6-12-10-2-3-10/h10-12H,1-9H2. The SMILES string of the molecule is O=S(=O)(CCCNC1CC1)C1CCOCC1. The van der Waals surface area contributed by atoms with Gasteiger partial charge >= 0.3 is 0 Å². The Morgan fingerprint density at radius 3 is 2.44 bits per heavy atom. The van der Waals surface area contributed by atoms with E-state index in [9.17, 15) is 8.42 Å². The molecule has 1 aliphatic carbocycles. The van der Waals surface area contributed by atoms with Crippen LogP contribution < -0.4 is 5.32 Å². The van der Waals surface area contributed by atoms with Crippen LogP contribution in [-0.4, -0.2) is 45.2 Å². The van der Waals surface area contributed by atoms with Gasteiger partial charge in [-0.3, -0.25) is 0 Å². The third kappa shape index (κ3) is 3.71. The molecule has 1 aliphatic heterocycles. The molecule has 0 unspecified atom stereocenters. The summed E-state index contributed by atoms with van der Waals surface area (Å²) in [6.07, 6.45) is 4.62. The van der Waals surface area contributed by atoms with Gasteiger partial charge in [0.1, 0.15) is 0 Å². The Morgan fingerprint density at radius 2 is 1.81 bits per heavy atom. The normalized spacial score (nSPS) is 23.5. The average molecular weight is 247 g/mol. The third-order valence-electron chi connectivity index (χ3n) is 3.29. The van der Waals surface area contributed by atoms with Crippen LogP contribution in [0.25, 0.3) is 0 Å². The molecule has 0 bridgehead atoms. The van der Waals surface area contributed by atoms with E-state index in [2.05, 4.69) is 5.32 Å². The summed E-state index contributed by atoms with van der Waals surface area (Å²) in [5.74, 6) is 0.331. The number of hydrogen-bond acceptors (Lipinski definition) is 4. The molecule has 2 aliphatic rings. The highest BCUT2D eigenvalue weighted by Crippen LogP contribution is 2.19. The second kappa shape index (κ2) is 5.47. The van der Waals surface area contributed by atoms with Gasteiger partial charge in [0.05, 0.1) is 11.0 Å². The number of hydrogen-bond donors (Lipinski definition) is 1. The van der Waals surface area contributed by atoms with Crippen LogP contribution in [-0.2, 0) is 14.6 Å². The molecule has 0 amide bonds. The van der Waals surface area contributed by atoms with Gasteiger partial charge in [0.25, 0.3) is 0 Å². The largest absolute Gasteiger partial charge is 0.381 e. The summed E-state index contributed by atoms with van der Waals surface area (Å²) in [4.78, 5) is 0. The number of rotatable bonds is 6. The second-order valence-electron chi connectivity index (χ2n) is 4.76. The average Bonchev–Trinajstić information content (AvgIpc) is 3.10. The van der Waals surface area contributed by atoms with Crippen molar-refractivity contribution in [1.29, 1.82) is 0 Å². The zero-order chi connectivity index (χ0) is 11.4. The van der Waals surface area contributed by atoms with Gasteiger partial charge < -0.3 is 10.1 Å². The smallest absolute Gasteiger partial charge is 0.153 e. The molecule has 0 aromatic carbocycles. The number of sulfone groups is 1. The summed E-state index contributed by atoms with van der Waals surface area (Å²) < 4.78 is 29.1. The highest BCUT2D eigenvalue weighted by molar-refractivity contribution is 7.92. The van der Waals surface area contributed by atoms with Gasteiger partial charge in [-0.1, -0.05) is 0 Å². The van der Waals surface area contributed by atoms with Crippen molar-refractivity contribution in [3.05, 3.63) is 0 Å². The molecule has 1 heterocycles. The molecule has 2 rings (SSSR count). The Kier molecular flexibility index (Phi) is 4.21. The van der Waals surface area contributed by atoms with E-state index in [4.69, 9.17) is 4.74 Å². The van der Waals surface area contributed by atoms with E-state index < -0.39 is 9.84 Å². The Morgan fingerprint density at radius 1 is 1.12 bits per heavy atom. The first-order chi connectivity index (χ1) is 7.68. The van der Waals surface area contributed by atoms with E-state index in [1.54, 1.807) is 0 Å². The fraction of sp³-hybridized carbons (Fsp3) is 1.00. The summed E-state index contributed by atoms with van der Waals surface area (Å²) in [6, 6.07) is 0.672. The second-order valence-corrected chi connectivity index (χ2v) is 7.16. The van der Waals surface area contributed by atoms with Crippen LogP contribution in [0.2, 0.25) is 0 Å². The zero-order valence-corrected chi connectivity index (χ0v) is 10.5. The molecule has 5 heteroatoms. The van der Waals surface area contributed by atoms with E-state index in [1.807, 2.05) is 0 Å². The third-order valence-corrected chi connectivity index (χ3v) is 5.64. The molecule has 2 fully saturated rings. The molecule has 16 heavy (non-hydrogen) atoms. The molecule has 4 nitrogen and oxygen atoms in total. The number of nitrogens with one attached hydrogen (secondary N) is 1. The first-order valence-electron chi connectivity index (χ1n) is 6.21. The Hall–Kier alpha value is -0.130. The maximum atomic E-state index is 12.0. The quantitative estimate of drug-likeness (QED) is 0.703. The lowest BCUT2D eigenvalue weighted by Gasteiger charge is -2.22. The molecule has 1 saturated carbocycles. The van der Waals surface area contributed by atoms with Crippen molar-refractivity contribution in [2.75, 3.05) is 25.5 Å². The van der Waals surface area contributed by atoms with Gasteiger partial charge in [-0.05, 0) is 38.6 Å². The maximum absolute atomic E-state index is 12.0. The van der Waals surface area contributed by atoms with Crippen LogP contribution in [0.15, 0.2) is 0 Å². The Balaban J connectivity index is 1.68. The lowest BCUT2D eigenvalue weighted by Crippen LogP contribution is -2.31. The van der Waals surface area contributed by atoms with Crippen molar-refractivity contribution in [2.45, 2.75) is 43.4 Å². The summed E-state index contributed by atoms with van der Waals surface area (Å²) in [5, 5.41) is 3.19. The molecular formula is C11H21NO3S. The first-order valence-corrected chi connectivity index (χ1v) is 7.93. The van der Waals surface area contributed by atoms with Gasteiger partial charge in [-0.15, -0.1) is 0 Å². The van der Waals surface area contributed by atoms with Crippen molar-refractivity contribution < 1.29 is 13.2 Å². The van der Waals surface area contributed by atoms with Crippen LogP contribution in [0.1, 0.15) is 32.1 Å². The van der Waals surface area contributed by atoms with E-state index in [1.165, 1.54) is 12.8 Å². The van der Waals surface area contributed by atoms with Gasteiger partial charge in [-0.2, -0.15) is 0 Å². The Bertz CT molecular complexity index is 305. The molecule has 1 saturated heterocycles. The van der Waals surface area contributed by atoms with Crippen molar-refractivity contribution in [3.8, 4) is 0 Å². The van der Waals surface area contributed by atoms with E-state index in [0.29, 0.717) is 37.9 Å². The minimum Gasteiger partial charge on any atom is -0.381 e. The molecule has 94 valence electrons. The lowest BCUT2D eigenvalue weighted by atomic mass is 10.2. The van der Waals surface area contributed by atoms with Crippen molar-refractivity contribution >= 4 is 9.84 Å². The minimum atomic E-state index is -2.88. The minimum absolute atomic E-state index is 0.151. The van der Waals surface area contributed by atoms with Crippen LogP contribution in [0, 0.1) is 0 Å². The fourth-order valence-electron chi connectivity index (χ4n) is 2.07. The van der Waals surface area contributed by atoms with Gasteiger partial charge in [0, 0.05) is 19.3 Å². The zero-order valence-electron chi connectivity index (χ0n) is 9.65. The summed E-state index contributed by atoms with van der Waals surface area (Å²) >= 11 is 0. The Labute approximate surface area is 97.7 Å². The highest BCUT2D eigenvalue weighted by Gasteiger charge is 2.27. The summed E-state index contributed by atoms with van der Waals surface area (Å²) in [7, 11) is -2.88. The highest BCUT2D eigenvalue weighted by atomic mass is 32.2. The molecular weight excluding hydrogens is 226 g/mol. The van der Waals surface area contributed by atoms with Crippen LogP contribution >= 0.6 is 0 Å². The van der Waals surface area contributed by atoms with Crippen LogP contribution in [0.3, 0.4) is 0 Å². The molecule has 0 radical (unpaired) electrons. The van der Waals surface area contributed by atoms with E-state index >= 15 is 0 Å². The van der Waals surface area contributed by atoms with Crippen LogP contribution in [0.5, 0.6) is 0 Å². The molecule has 0 spiro atoms. The number of ether oxygens (including phenoxy) is 1. The fourth-order valence-corrected chi connectivity index (χ4v) is 3.86. The molecule has 0 atom stereocenters. The summed E-state index contributed by atoms with van der Waals surface area (Å²) in [5.41, 5.74) is 0. The van der Waals surface area contributed by atoms with Crippen molar-refractivity contribution in [2.24, 2.45) is 0 Å². The van der Waals surface area contributed by atoms with E-state index in [-0.39, 0.29) is 5.25 Å². The molecule has 0 aromatic rings. The lowest BCUT2D eigenvalue weighted by molar-refractivity contribution is 0.0983. The maximum Gasteiger partial charge on any atom is 0.153 e. The summed E-state index contributed by atoms with van der Waals surface area (Å²) in [6.45, 7) is 2.04. The molecule has 0 aromatic heterocycles. The van der Waals surface area contributed by atoms with Gasteiger partial charge in [0.2, 0.25) is 0 Å². The van der Waals surface area contributed by atoms with Crippen LogP contribution in [0.4, 0.5) is 0 Å². The van der Waals surface area contributed by atoms with Gasteiger partial charge in [0.15, 0.2) is 9.84 Å². The van der Waals surface area contributed by atoms with Crippen molar-refractivity contribution in [3.63, 3.8) is 0 Å². The first kappa shape index (κ1) is 12.3. The molecule has 1 N–H and O–H groups in total.